The summed E-state index contributed by atoms with van der Waals surface area (Å²) in [6, 6.07) is 10.1. The Morgan fingerprint density at radius 1 is 1.03 bits per heavy atom. The third-order valence-electron chi connectivity index (χ3n) is 4.35. The maximum atomic E-state index is 12.3. The Hall–Kier alpha value is -3.62. The summed E-state index contributed by atoms with van der Waals surface area (Å²) < 4.78 is 16.0. The molecule has 0 unspecified atom stereocenters. The molecule has 2 amide bonds. The summed E-state index contributed by atoms with van der Waals surface area (Å²) in [6.07, 6.45) is 3.67. The summed E-state index contributed by atoms with van der Waals surface area (Å²) in [4.78, 5) is 40.1. The van der Waals surface area contributed by atoms with E-state index in [2.05, 4.69) is 15.6 Å². The van der Waals surface area contributed by atoms with Gasteiger partial charge >= 0.3 is 12.1 Å². The smallest absolute Gasteiger partial charge is 0.407 e. The van der Waals surface area contributed by atoms with Crippen molar-refractivity contribution in [2.75, 3.05) is 18.5 Å². The van der Waals surface area contributed by atoms with Crippen LogP contribution in [0.15, 0.2) is 42.6 Å². The Labute approximate surface area is 200 Å². The first-order valence-corrected chi connectivity index (χ1v) is 11.3. The highest BCUT2D eigenvalue weighted by molar-refractivity contribution is 5.92. The van der Waals surface area contributed by atoms with Gasteiger partial charge in [0.15, 0.2) is 0 Å². The van der Waals surface area contributed by atoms with Gasteiger partial charge in [-0.2, -0.15) is 0 Å². The monoisotopic (exact) mass is 471 g/mol. The highest BCUT2D eigenvalue weighted by atomic mass is 16.6. The normalized spacial score (nSPS) is 10.8. The van der Waals surface area contributed by atoms with E-state index in [1.807, 2.05) is 20.8 Å². The van der Waals surface area contributed by atoms with Crippen molar-refractivity contribution in [2.24, 2.45) is 0 Å². The fraction of sp³-hybridized carbons (Fsp3) is 0.440. The molecule has 0 bridgehead atoms. The number of unbranched alkanes of at least 4 members (excludes halogenated alkanes) is 2. The highest BCUT2D eigenvalue weighted by Gasteiger charge is 2.16. The molecule has 0 spiro atoms. The molecule has 34 heavy (non-hydrogen) atoms. The molecule has 1 heterocycles. The number of anilines is 1. The van der Waals surface area contributed by atoms with Crippen LogP contribution in [0.2, 0.25) is 0 Å². The fourth-order valence-corrected chi connectivity index (χ4v) is 2.90. The van der Waals surface area contributed by atoms with Gasteiger partial charge in [-0.05, 0) is 64.8 Å². The van der Waals surface area contributed by atoms with Crippen molar-refractivity contribution in [3.8, 4) is 11.6 Å². The second-order valence-corrected chi connectivity index (χ2v) is 8.49. The van der Waals surface area contributed by atoms with Crippen molar-refractivity contribution in [2.45, 2.75) is 59.0 Å². The molecular weight excluding hydrogens is 438 g/mol. The average molecular weight is 472 g/mol. The van der Waals surface area contributed by atoms with Crippen LogP contribution in [0, 0.1) is 0 Å². The number of ether oxygens (including phenoxy) is 3. The molecule has 184 valence electrons. The number of nitrogens with zero attached hydrogens (tertiary/aromatic N) is 1. The lowest BCUT2D eigenvalue weighted by Crippen LogP contribution is -2.33. The summed E-state index contributed by atoms with van der Waals surface area (Å²) in [6.45, 7) is 7.90. The number of alkyl carbamates (subject to hydrolysis) is 1. The number of pyridine rings is 1. The van der Waals surface area contributed by atoms with Gasteiger partial charge in [0.25, 0.3) is 0 Å². The van der Waals surface area contributed by atoms with Crippen LogP contribution < -0.4 is 15.4 Å². The lowest BCUT2D eigenvalue weighted by molar-refractivity contribution is -0.116. The van der Waals surface area contributed by atoms with Gasteiger partial charge < -0.3 is 24.8 Å². The minimum absolute atomic E-state index is 0.123. The Morgan fingerprint density at radius 3 is 2.56 bits per heavy atom. The van der Waals surface area contributed by atoms with Crippen LogP contribution in [0.1, 0.15) is 63.7 Å². The van der Waals surface area contributed by atoms with E-state index in [4.69, 9.17) is 14.2 Å². The molecule has 1 aromatic carbocycles. The second-order valence-electron chi connectivity index (χ2n) is 8.49. The van der Waals surface area contributed by atoms with Gasteiger partial charge in [0.05, 0.1) is 6.61 Å². The van der Waals surface area contributed by atoms with Gasteiger partial charge in [-0.1, -0.05) is 12.5 Å². The number of nitrogens with one attached hydrogen (secondary N) is 2. The quantitative estimate of drug-likeness (QED) is 0.347. The molecule has 9 heteroatoms. The van der Waals surface area contributed by atoms with Gasteiger partial charge in [0.2, 0.25) is 11.8 Å². The molecule has 9 nitrogen and oxygen atoms in total. The zero-order chi connectivity index (χ0) is 25.0. The molecule has 0 aliphatic heterocycles. The Kier molecular flexibility index (Phi) is 10.3. The van der Waals surface area contributed by atoms with E-state index in [0.29, 0.717) is 30.8 Å². The predicted molar refractivity (Wildman–Crippen MR) is 128 cm³/mol. The van der Waals surface area contributed by atoms with Gasteiger partial charge in [0.1, 0.15) is 16.9 Å². The SMILES string of the molecule is CCOC(=O)c1cccnc1Oc1cccc(NC(=O)CCCCCNC(=O)OC(C)(C)C)c1. The lowest BCUT2D eigenvalue weighted by atomic mass is 10.2. The summed E-state index contributed by atoms with van der Waals surface area (Å²) in [5.41, 5.74) is 0.272. The molecule has 0 radical (unpaired) electrons. The Balaban J connectivity index is 1.78. The number of carbonyl (C=O) groups excluding carboxylic acids is 3. The molecule has 0 aliphatic rings. The maximum absolute atomic E-state index is 12.3. The second kappa shape index (κ2) is 13.2. The van der Waals surface area contributed by atoms with Crippen molar-refractivity contribution < 1.29 is 28.6 Å². The van der Waals surface area contributed by atoms with Gasteiger partial charge in [-0.3, -0.25) is 4.79 Å². The summed E-state index contributed by atoms with van der Waals surface area (Å²) in [7, 11) is 0. The zero-order valence-corrected chi connectivity index (χ0v) is 20.2. The third-order valence-corrected chi connectivity index (χ3v) is 4.35. The van der Waals surface area contributed by atoms with Crippen LogP contribution in [0.3, 0.4) is 0 Å². The molecular formula is C25H33N3O6. The first kappa shape index (κ1) is 26.6. The number of carbonyl (C=O) groups is 3. The van der Waals surface area contributed by atoms with Gasteiger partial charge in [-0.25, -0.2) is 14.6 Å². The molecule has 0 saturated carbocycles. The third kappa shape index (κ3) is 9.89. The van der Waals surface area contributed by atoms with Crippen molar-refractivity contribution in [1.29, 1.82) is 0 Å². The average Bonchev–Trinajstić information content (AvgIpc) is 2.75. The topological polar surface area (TPSA) is 116 Å². The summed E-state index contributed by atoms with van der Waals surface area (Å²) in [5, 5.41) is 5.54. The number of aromatic nitrogens is 1. The van der Waals surface area contributed by atoms with E-state index in [0.717, 1.165) is 12.8 Å². The fourth-order valence-electron chi connectivity index (χ4n) is 2.90. The minimum atomic E-state index is -0.523. The molecule has 0 aliphatic carbocycles. The van der Waals surface area contributed by atoms with Crippen molar-refractivity contribution >= 4 is 23.7 Å². The lowest BCUT2D eigenvalue weighted by Gasteiger charge is -2.19. The maximum Gasteiger partial charge on any atom is 0.407 e. The van der Waals surface area contributed by atoms with E-state index in [-0.39, 0.29) is 24.0 Å². The summed E-state index contributed by atoms with van der Waals surface area (Å²) >= 11 is 0. The molecule has 2 N–H and O–H groups in total. The van der Waals surface area contributed by atoms with E-state index < -0.39 is 17.7 Å². The van der Waals surface area contributed by atoms with Crippen LogP contribution in [0.4, 0.5) is 10.5 Å². The first-order chi connectivity index (χ1) is 16.2. The van der Waals surface area contributed by atoms with E-state index >= 15 is 0 Å². The van der Waals surface area contributed by atoms with E-state index in [1.54, 1.807) is 43.3 Å². The standard InChI is InChI=1S/C25H33N3O6/c1-5-32-23(30)20-13-10-16-26-22(20)33-19-12-9-11-18(17-19)28-21(29)14-7-6-8-15-27-24(31)34-25(2,3)4/h9-13,16-17H,5-8,14-15H2,1-4H3,(H,27,31)(H,28,29). The van der Waals surface area contributed by atoms with E-state index in [9.17, 15) is 14.4 Å². The van der Waals surface area contributed by atoms with E-state index in [1.165, 1.54) is 6.20 Å². The van der Waals surface area contributed by atoms with Crippen LogP contribution in [-0.2, 0) is 14.3 Å². The largest absolute Gasteiger partial charge is 0.462 e. The number of rotatable bonds is 11. The van der Waals surface area contributed by atoms with Gasteiger partial charge in [0, 0.05) is 30.9 Å². The number of esters is 1. The molecule has 1 aromatic heterocycles. The molecule has 2 aromatic rings. The highest BCUT2D eigenvalue weighted by Crippen LogP contribution is 2.26. The van der Waals surface area contributed by atoms with Crippen LogP contribution in [-0.4, -0.2) is 41.7 Å². The van der Waals surface area contributed by atoms with Gasteiger partial charge in [-0.15, -0.1) is 0 Å². The molecule has 0 fully saturated rings. The van der Waals surface area contributed by atoms with Crippen LogP contribution >= 0.6 is 0 Å². The molecule has 2 rings (SSSR count). The molecule has 0 saturated heterocycles. The molecule has 0 atom stereocenters. The number of hydrogen-bond acceptors (Lipinski definition) is 7. The zero-order valence-electron chi connectivity index (χ0n) is 20.2. The van der Waals surface area contributed by atoms with Crippen LogP contribution in [0.5, 0.6) is 11.6 Å². The minimum Gasteiger partial charge on any atom is -0.462 e. The Morgan fingerprint density at radius 2 is 1.82 bits per heavy atom. The predicted octanol–water partition coefficient (Wildman–Crippen LogP) is 5.07. The number of benzene rings is 1. The number of amides is 2. The summed E-state index contributed by atoms with van der Waals surface area (Å²) in [5.74, 6) is -0.0849. The van der Waals surface area contributed by atoms with Crippen molar-refractivity contribution in [3.05, 3.63) is 48.2 Å². The van der Waals surface area contributed by atoms with Crippen molar-refractivity contribution in [3.63, 3.8) is 0 Å². The van der Waals surface area contributed by atoms with Crippen LogP contribution in [0.25, 0.3) is 0 Å². The first-order valence-electron chi connectivity index (χ1n) is 11.3. The number of hydrogen-bond donors (Lipinski definition) is 2. The Bertz CT molecular complexity index is 971. The van der Waals surface area contributed by atoms with Crippen molar-refractivity contribution in [1.82, 2.24) is 10.3 Å².